The average molecular weight is 226 g/mol. The van der Waals surface area contributed by atoms with E-state index in [-0.39, 0.29) is 11.8 Å². The van der Waals surface area contributed by atoms with Crippen molar-refractivity contribution in [1.82, 2.24) is 5.32 Å². The Bertz CT molecular complexity index is 363. The number of nitrogens with one attached hydrogen (secondary N) is 1. The number of hydrogen-bond donors (Lipinski definition) is 2. The summed E-state index contributed by atoms with van der Waals surface area (Å²) in [5, 5.41) is 12.8. The van der Waals surface area contributed by atoms with Crippen LogP contribution in [0.3, 0.4) is 0 Å². The predicted molar refractivity (Wildman–Crippen MR) is 58.2 cm³/mol. The van der Waals surface area contributed by atoms with Crippen LogP contribution >= 0.6 is 11.6 Å². The SMILES string of the molecule is O=C(O)[C@H]1CNC[C@H]1c1ccc(Cl)cc1. The van der Waals surface area contributed by atoms with Gasteiger partial charge in [-0.2, -0.15) is 0 Å². The van der Waals surface area contributed by atoms with Crippen LogP contribution in [-0.4, -0.2) is 24.2 Å². The van der Waals surface area contributed by atoms with Gasteiger partial charge in [0.15, 0.2) is 0 Å². The van der Waals surface area contributed by atoms with Crippen LogP contribution in [0.25, 0.3) is 0 Å². The second-order valence-corrected chi connectivity index (χ2v) is 4.20. The lowest BCUT2D eigenvalue weighted by Crippen LogP contribution is -2.20. The van der Waals surface area contributed by atoms with E-state index in [0.717, 1.165) is 12.1 Å². The quantitative estimate of drug-likeness (QED) is 0.806. The topological polar surface area (TPSA) is 49.3 Å². The molecule has 80 valence electrons. The molecular weight excluding hydrogens is 214 g/mol. The highest BCUT2D eigenvalue weighted by atomic mass is 35.5. The minimum atomic E-state index is -0.736. The van der Waals surface area contributed by atoms with E-state index in [1.54, 1.807) is 12.1 Å². The van der Waals surface area contributed by atoms with Crippen LogP contribution < -0.4 is 5.32 Å². The van der Waals surface area contributed by atoms with Crippen molar-refractivity contribution in [2.24, 2.45) is 5.92 Å². The summed E-state index contributed by atoms with van der Waals surface area (Å²) < 4.78 is 0. The highest BCUT2D eigenvalue weighted by Crippen LogP contribution is 2.28. The van der Waals surface area contributed by atoms with Gasteiger partial charge in [-0.3, -0.25) is 4.79 Å². The van der Waals surface area contributed by atoms with Crippen molar-refractivity contribution < 1.29 is 9.90 Å². The maximum absolute atomic E-state index is 11.0. The molecule has 0 radical (unpaired) electrons. The van der Waals surface area contributed by atoms with Crippen molar-refractivity contribution in [3.63, 3.8) is 0 Å². The fraction of sp³-hybridized carbons (Fsp3) is 0.364. The van der Waals surface area contributed by atoms with Crippen LogP contribution in [0.1, 0.15) is 11.5 Å². The molecule has 1 fully saturated rings. The molecule has 1 heterocycles. The Morgan fingerprint density at radius 2 is 2.00 bits per heavy atom. The molecule has 1 aliphatic rings. The number of carbonyl (C=O) groups is 1. The van der Waals surface area contributed by atoms with Crippen molar-refractivity contribution >= 4 is 17.6 Å². The molecule has 1 saturated heterocycles. The first-order chi connectivity index (χ1) is 7.18. The number of aliphatic carboxylic acids is 1. The van der Waals surface area contributed by atoms with Gasteiger partial charge < -0.3 is 10.4 Å². The van der Waals surface area contributed by atoms with Crippen molar-refractivity contribution in [2.75, 3.05) is 13.1 Å². The maximum Gasteiger partial charge on any atom is 0.308 e. The second kappa shape index (κ2) is 4.21. The van der Waals surface area contributed by atoms with Crippen LogP contribution in [0.5, 0.6) is 0 Å². The lowest BCUT2D eigenvalue weighted by molar-refractivity contribution is -0.141. The van der Waals surface area contributed by atoms with E-state index < -0.39 is 5.97 Å². The van der Waals surface area contributed by atoms with E-state index in [1.807, 2.05) is 12.1 Å². The van der Waals surface area contributed by atoms with Gasteiger partial charge in [-0.05, 0) is 17.7 Å². The summed E-state index contributed by atoms with van der Waals surface area (Å²) in [7, 11) is 0. The van der Waals surface area contributed by atoms with Gasteiger partial charge in [0.2, 0.25) is 0 Å². The zero-order chi connectivity index (χ0) is 10.8. The summed E-state index contributed by atoms with van der Waals surface area (Å²) in [5.74, 6) is -1.01. The van der Waals surface area contributed by atoms with Crippen LogP contribution in [0.2, 0.25) is 5.02 Å². The van der Waals surface area contributed by atoms with E-state index in [1.165, 1.54) is 0 Å². The Labute approximate surface area is 93.1 Å². The Kier molecular flexibility index (Phi) is 2.93. The maximum atomic E-state index is 11.0. The van der Waals surface area contributed by atoms with Crippen molar-refractivity contribution in [3.8, 4) is 0 Å². The summed E-state index contributed by atoms with van der Waals surface area (Å²) in [4.78, 5) is 11.0. The molecule has 1 aliphatic heterocycles. The molecule has 0 aromatic heterocycles. The van der Waals surface area contributed by atoms with Gasteiger partial charge in [-0.15, -0.1) is 0 Å². The molecule has 2 atom stereocenters. The van der Waals surface area contributed by atoms with E-state index in [9.17, 15) is 4.79 Å². The molecule has 0 spiro atoms. The van der Waals surface area contributed by atoms with Gasteiger partial charge in [0.25, 0.3) is 0 Å². The molecular formula is C11H12ClNO2. The molecule has 2 N–H and O–H groups in total. The molecule has 1 aromatic carbocycles. The van der Waals surface area contributed by atoms with E-state index >= 15 is 0 Å². The van der Waals surface area contributed by atoms with Crippen LogP contribution in [-0.2, 0) is 4.79 Å². The van der Waals surface area contributed by atoms with Crippen LogP contribution in [0, 0.1) is 5.92 Å². The van der Waals surface area contributed by atoms with Gasteiger partial charge in [0.1, 0.15) is 0 Å². The predicted octanol–water partition coefficient (Wildman–Crippen LogP) is 1.73. The summed E-state index contributed by atoms with van der Waals surface area (Å²) in [6, 6.07) is 7.40. The Morgan fingerprint density at radius 3 is 2.60 bits per heavy atom. The van der Waals surface area contributed by atoms with E-state index in [2.05, 4.69) is 5.32 Å². The smallest absolute Gasteiger partial charge is 0.308 e. The second-order valence-electron chi connectivity index (χ2n) is 3.76. The van der Waals surface area contributed by atoms with Gasteiger partial charge in [-0.1, -0.05) is 23.7 Å². The van der Waals surface area contributed by atoms with Crippen molar-refractivity contribution in [2.45, 2.75) is 5.92 Å². The first-order valence-corrected chi connectivity index (χ1v) is 5.25. The zero-order valence-corrected chi connectivity index (χ0v) is 8.87. The van der Waals surface area contributed by atoms with E-state index in [0.29, 0.717) is 11.6 Å². The third-order valence-electron chi connectivity index (χ3n) is 2.83. The van der Waals surface area contributed by atoms with Gasteiger partial charge in [0.05, 0.1) is 5.92 Å². The minimum absolute atomic E-state index is 0.0553. The first kappa shape index (κ1) is 10.5. The summed E-state index contributed by atoms with van der Waals surface area (Å²) in [6.07, 6.45) is 0. The van der Waals surface area contributed by atoms with Crippen molar-refractivity contribution in [1.29, 1.82) is 0 Å². The van der Waals surface area contributed by atoms with Gasteiger partial charge >= 0.3 is 5.97 Å². The molecule has 2 rings (SSSR count). The Balaban J connectivity index is 2.22. The molecule has 0 unspecified atom stereocenters. The third kappa shape index (κ3) is 2.13. The zero-order valence-electron chi connectivity index (χ0n) is 8.11. The number of carboxylic acids is 1. The number of halogens is 1. The van der Waals surface area contributed by atoms with Crippen LogP contribution in [0.4, 0.5) is 0 Å². The van der Waals surface area contributed by atoms with Gasteiger partial charge in [-0.25, -0.2) is 0 Å². The first-order valence-electron chi connectivity index (χ1n) is 4.87. The lowest BCUT2D eigenvalue weighted by atomic mass is 9.89. The highest BCUT2D eigenvalue weighted by molar-refractivity contribution is 6.30. The average Bonchev–Trinajstić information content (AvgIpc) is 2.67. The van der Waals surface area contributed by atoms with Crippen molar-refractivity contribution in [3.05, 3.63) is 34.9 Å². The van der Waals surface area contributed by atoms with E-state index in [4.69, 9.17) is 16.7 Å². The monoisotopic (exact) mass is 225 g/mol. The lowest BCUT2D eigenvalue weighted by Gasteiger charge is -2.14. The number of benzene rings is 1. The number of carboxylic acid groups (broad SMARTS) is 1. The fourth-order valence-corrected chi connectivity index (χ4v) is 2.12. The number of rotatable bonds is 2. The molecule has 0 bridgehead atoms. The summed E-state index contributed by atoms with van der Waals surface area (Å²) in [5.41, 5.74) is 1.04. The standard InChI is InChI=1S/C11H12ClNO2/c12-8-3-1-7(2-4-8)9-5-13-6-10(9)11(14)15/h1-4,9-10,13H,5-6H2,(H,14,15)/t9-,10-/m0/s1. The minimum Gasteiger partial charge on any atom is -0.481 e. The molecule has 3 nitrogen and oxygen atoms in total. The highest BCUT2D eigenvalue weighted by Gasteiger charge is 2.33. The molecule has 1 aromatic rings. The molecule has 0 aliphatic carbocycles. The fourth-order valence-electron chi connectivity index (χ4n) is 2.00. The van der Waals surface area contributed by atoms with Crippen LogP contribution in [0.15, 0.2) is 24.3 Å². The molecule has 15 heavy (non-hydrogen) atoms. The van der Waals surface area contributed by atoms with Gasteiger partial charge in [0, 0.05) is 24.0 Å². The largest absolute Gasteiger partial charge is 0.481 e. The third-order valence-corrected chi connectivity index (χ3v) is 3.08. The summed E-state index contributed by atoms with van der Waals surface area (Å²) in [6.45, 7) is 1.27. The molecule has 0 amide bonds. The number of hydrogen-bond acceptors (Lipinski definition) is 2. The normalized spacial score (nSPS) is 25.4. The summed E-state index contributed by atoms with van der Waals surface area (Å²) >= 11 is 5.79. The Hall–Kier alpha value is -1.06. The molecule has 4 heteroatoms. The molecule has 0 saturated carbocycles. The Morgan fingerprint density at radius 1 is 1.33 bits per heavy atom.